The van der Waals surface area contributed by atoms with Crippen LogP contribution in [0.15, 0.2) is 141 Å². The van der Waals surface area contributed by atoms with Crippen molar-refractivity contribution in [3.05, 3.63) is 141 Å². The fourth-order valence-electron chi connectivity index (χ4n) is 5.77. The second-order valence-corrected chi connectivity index (χ2v) is 13.3. The van der Waals surface area contributed by atoms with Gasteiger partial charge in [0, 0.05) is 6.42 Å². The Morgan fingerprint density at radius 3 is 1.62 bits per heavy atom. The smallest absolute Gasteiger partial charge is 0.0934 e. The van der Waals surface area contributed by atoms with Crippen LogP contribution in [0.5, 0.6) is 0 Å². The van der Waals surface area contributed by atoms with Gasteiger partial charge in [-0.1, -0.05) is 141 Å². The van der Waals surface area contributed by atoms with E-state index in [1.54, 1.807) is 0 Å². The van der Waals surface area contributed by atoms with Crippen molar-refractivity contribution >= 4 is 0 Å². The van der Waals surface area contributed by atoms with E-state index in [1.807, 2.05) is 6.08 Å². The van der Waals surface area contributed by atoms with Gasteiger partial charge in [-0.25, -0.2) is 0 Å². The van der Waals surface area contributed by atoms with E-state index in [-0.39, 0.29) is 16.9 Å². The van der Waals surface area contributed by atoms with Gasteiger partial charge >= 0.3 is 0 Å². The zero-order valence-electron chi connectivity index (χ0n) is 27.8. The molecule has 1 atom stereocenters. The summed E-state index contributed by atoms with van der Waals surface area (Å²) >= 11 is 0. The van der Waals surface area contributed by atoms with Crippen LogP contribution in [0.1, 0.15) is 88.5 Å². The normalized spacial score (nSPS) is 23.1. The van der Waals surface area contributed by atoms with E-state index in [0.717, 1.165) is 18.4 Å². The van der Waals surface area contributed by atoms with Crippen molar-refractivity contribution in [2.24, 2.45) is 10.8 Å². The molecule has 0 aliphatic heterocycles. The highest BCUT2D eigenvalue weighted by Gasteiger charge is 2.31. The number of allylic oxidation sites excluding steroid dienone is 23. The Hall–Kier alpha value is -3.36. The highest BCUT2D eigenvalue weighted by molar-refractivity contribution is 5.43. The summed E-state index contributed by atoms with van der Waals surface area (Å²) < 4.78 is 0. The Kier molecular flexibility index (Phi) is 13.1. The predicted octanol–water partition coefficient (Wildman–Crippen LogP) is 11.2. The molecule has 0 heterocycles. The molecule has 2 aliphatic rings. The Labute approximate surface area is 256 Å². The van der Waals surface area contributed by atoms with Crippen LogP contribution in [0.25, 0.3) is 0 Å². The van der Waals surface area contributed by atoms with Crippen molar-refractivity contribution in [1.82, 2.24) is 0 Å². The Balaban J connectivity index is 1.91. The average molecular weight is 567 g/mol. The van der Waals surface area contributed by atoms with Crippen LogP contribution < -0.4 is 0 Å². The lowest BCUT2D eigenvalue weighted by Gasteiger charge is -2.35. The number of hydrogen-bond acceptors (Lipinski definition) is 2. The molecule has 0 bridgehead atoms. The Morgan fingerprint density at radius 2 is 1.14 bits per heavy atom. The summed E-state index contributed by atoms with van der Waals surface area (Å²) in [5, 5.41) is 20.1. The first-order valence-electron chi connectivity index (χ1n) is 15.2. The van der Waals surface area contributed by atoms with Crippen LogP contribution >= 0.6 is 0 Å². The summed E-state index contributed by atoms with van der Waals surface area (Å²) in [6.45, 7) is 21.4. The van der Waals surface area contributed by atoms with Crippen molar-refractivity contribution in [2.75, 3.05) is 0 Å². The van der Waals surface area contributed by atoms with Crippen molar-refractivity contribution in [1.29, 1.82) is 0 Å². The molecule has 0 amide bonds. The summed E-state index contributed by atoms with van der Waals surface area (Å²) in [6, 6.07) is 0. The standard InChI is InChI=1S/C40H54O2/c1-29(17-13-19-31(3)21-23-37-33(5)25-35(41)27-39(37,7)8)15-11-12-16-30(2)18-14-20-32(4)22-24-38-34(6)26-36(42)28-40(38,9)10/h11-25,36,41-42H,26-28H2,1-10H3/b12-11+,17-13+,18-14+,23-21+,24-22+,29-15+,30-16+,31-19+,32-20+/t36-/m0/s1. The summed E-state index contributed by atoms with van der Waals surface area (Å²) in [5.74, 6) is 0.463. The largest absolute Gasteiger partial charge is 0.512 e. The summed E-state index contributed by atoms with van der Waals surface area (Å²) in [6.07, 6.45) is 33.7. The van der Waals surface area contributed by atoms with E-state index < -0.39 is 0 Å². The fraction of sp³-hybridized carbons (Fsp3) is 0.400. The number of hydrogen-bond donors (Lipinski definition) is 2. The average Bonchev–Trinajstić information content (AvgIpc) is 2.84. The molecule has 0 radical (unpaired) electrons. The lowest BCUT2D eigenvalue weighted by Crippen LogP contribution is -2.28. The van der Waals surface area contributed by atoms with Crippen LogP contribution in [0.3, 0.4) is 0 Å². The Morgan fingerprint density at radius 1 is 0.690 bits per heavy atom. The summed E-state index contributed by atoms with van der Waals surface area (Å²) in [7, 11) is 0. The molecule has 0 aromatic heterocycles. The molecule has 0 aromatic rings. The minimum absolute atomic E-state index is 0.00394. The summed E-state index contributed by atoms with van der Waals surface area (Å²) in [4.78, 5) is 0. The molecule has 2 aliphatic carbocycles. The monoisotopic (exact) mass is 566 g/mol. The zero-order valence-corrected chi connectivity index (χ0v) is 27.8. The molecule has 0 spiro atoms. The van der Waals surface area contributed by atoms with Gasteiger partial charge < -0.3 is 10.2 Å². The van der Waals surface area contributed by atoms with Gasteiger partial charge in [-0.15, -0.1) is 0 Å². The maximum absolute atomic E-state index is 10.1. The van der Waals surface area contributed by atoms with Gasteiger partial charge in [0.2, 0.25) is 0 Å². The van der Waals surface area contributed by atoms with E-state index in [9.17, 15) is 10.2 Å². The first-order valence-corrected chi connectivity index (χ1v) is 15.2. The topological polar surface area (TPSA) is 40.5 Å². The molecule has 0 fully saturated rings. The third-order valence-electron chi connectivity index (χ3n) is 7.93. The number of aliphatic hydroxyl groups excluding tert-OH is 2. The number of rotatable bonds is 10. The van der Waals surface area contributed by atoms with Crippen molar-refractivity contribution in [3.63, 3.8) is 0 Å². The fourth-order valence-corrected chi connectivity index (χ4v) is 5.77. The lowest BCUT2D eigenvalue weighted by molar-refractivity contribution is 0.116. The molecule has 0 saturated carbocycles. The third-order valence-corrected chi connectivity index (χ3v) is 7.93. The van der Waals surface area contributed by atoms with Crippen LogP contribution in [0, 0.1) is 10.8 Å². The highest BCUT2D eigenvalue weighted by atomic mass is 16.3. The molecule has 0 saturated heterocycles. The van der Waals surface area contributed by atoms with E-state index in [2.05, 4.69) is 154 Å². The Bertz CT molecular complexity index is 1350. The number of aliphatic hydroxyl groups is 2. The van der Waals surface area contributed by atoms with Gasteiger partial charge in [0.05, 0.1) is 11.9 Å². The van der Waals surface area contributed by atoms with Gasteiger partial charge in [-0.3, -0.25) is 0 Å². The highest BCUT2D eigenvalue weighted by Crippen LogP contribution is 2.41. The molecule has 2 heteroatoms. The van der Waals surface area contributed by atoms with Gasteiger partial charge in [-0.2, -0.15) is 0 Å². The van der Waals surface area contributed by atoms with E-state index >= 15 is 0 Å². The molecular formula is C40H54O2. The molecule has 0 aromatic carbocycles. The second-order valence-electron chi connectivity index (χ2n) is 13.3. The first-order chi connectivity index (χ1) is 19.6. The SMILES string of the molecule is CC1=C(/C=C/C(C)=C/C=C/C(C)=C/C=C/C=C(C)/C=C/C=C(C)/C=C/C2=C(C)C[C@H](O)CC2(C)C)C(C)(C)CC(O)=C1. The first kappa shape index (κ1) is 34.8. The van der Waals surface area contributed by atoms with Gasteiger partial charge in [0.15, 0.2) is 0 Å². The second kappa shape index (κ2) is 15.8. The zero-order chi connectivity index (χ0) is 31.5. The maximum atomic E-state index is 10.1. The minimum Gasteiger partial charge on any atom is -0.512 e. The third kappa shape index (κ3) is 11.5. The quantitative estimate of drug-likeness (QED) is 0.258. The van der Waals surface area contributed by atoms with Gasteiger partial charge in [0.25, 0.3) is 0 Å². The molecule has 2 N–H and O–H groups in total. The van der Waals surface area contributed by atoms with Crippen molar-refractivity contribution < 1.29 is 10.2 Å². The summed E-state index contributed by atoms with van der Waals surface area (Å²) in [5.41, 5.74) is 9.72. The molecule has 2 rings (SSSR count). The molecule has 226 valence electrons. The van der Waals surface area contributed by atoms with E-state index in [1.165, 1.54) is 39.0 Å². The van der Waals surface area contributed by atoms with Gasteiger partial charge in [-0.05, 0) is 88.0 Å². The van der Waals surface area contributed by atoms with Crippen LogP contribution in [0.4, 0.5) is 0 Å². The lowest BCUT2D eigenvalue weighted by atomic mass is 9.71. The maximum Gasteiger partial charge on any atom is 0.0934 e. The van der Waals surface area contributed by atoms with Gasteiger partial charge in [0.1, 0.15) is 0 Å². The molecule has 42 heavy (non-hydrogen) atoms. The van der Waals surface area contributed by atoms with Crippen LogP contribution in [-0.2, 0) is 0 Å². The van der Waals surface area contributed by atoms with Crippen molar-refractivity contribution in [2.45, 2.75) is 94.6 Å². The predicted molar refractivity (Wildman–Crippen MR) is 184 cm³/mol. The minimum atomic E-state index is -0.228. The van der Waals surface area contributed by atoms with Crippen LogP contribution in [0.2, 0.25) is 0 Å². The van der Waals surface area contributed by atoms with E-state index in [4.69, 9.17) is 0 Å². The molecule has 0 unspecified atom stereocenters. The molecular weight excluding hydrogens is 512 g/mol. The van der Waals surface area contributed by atoms with Crippen LogP contribution in [-0.4, -0.2) is 16.3 Å². The van der Waals surface area contributed by atoms with E-state index in [0.29, 0.717) is 12.2 Å². The molecule has 2 nitrogen and oxygen atoms in total. The van der Waals surface area contributed by atoms with Crippen molar-refractivity contribution in [3.8, 4) is 0 Å².